The SMILES string of the molecule is Nc1nnc(N)nn1.Nc1nnc(N)nn1. The number of nitrogens with zero attached hydrogens (tertiary/aromatic N) is 8. The maximum absolute atomic E-state index is 5.02. The Morgan fingerprint density at radius 3 is 0.625 bits per heavy atom. The molecule has 2 aromatic heterocycles. The van der Waals surface area contributed by atoms with Gasteiger partial charge in [0.1, 0.15) is 0 Å². The molecule has 16 heavy (non-hydrogen) atoms. The number of hydrogen-bond donors (Lipinski definition) is 4. The number of anilines is 4. The molecule has 84 valence electrons. The number of nitrogens with two attached hydrogens (primary N) is 4. The van der Waals surface area contributed by atoms with E-state index in [4.69, 9.17) is 22.9 Å². The van der Waals surface area contributed by atoms with Gasteiger partial charge in [-0.2, -0.15) is 0 Å². The fourth-order valence-corrected chi connectivity index (χ4v) is 0.490. The van der Waals surface area contributed by atoms with Crippen LogP contribution in [0.3, 0.4) is 0 Å². The van der Waals surface area contributed by atoms with Crippen LogP contribution in [-0.4, -0.2) is 40.8 Å². The van der Waals surface area contributed by atoms with Gasteiger partial charge in [-0.3, -0.25) is 0 Å². The molecule has 0 aromatic carbocycles. The minimum Gasteiger partial charge on any atom is -0.365 e. The summed E-state index contributed by atoms with van der Waals surface area (Å²) < 4.78 is 0. The second-order valence-corrected chi connectivity index (χ2v) is 2.23. The monoisotopic (exact) mass is 224 g/mol. The van der Waals surface area contributed by atoms with Gasteiger partial charge in [0.2, 0.25) is 0 Å². The molecule has 0 aliphatic rings. The fourth-order valence-electron chi connectivity index (χ4n) is 0.490. The number of rotatable bonds is 0. The lowest BCUT2D eigenvalue weighted by atomic mass is 11.1. The molecule has 0 amide bonds. The summed E-state index contributed by atoms with van der Waals surface area (Å²) in [6, 6.07) is 0. The van der Waals surface area contributed by atoms with Gasteiger partial charge in [-0.15, -0.1) is 40.8 Å². The smallest absolute Gasteiger partial charge is 0.259 e. The third-order valence-electron chi connectivity index (χ3n) is 1.02. The first-order valence-corrected chi connectivity index (χ1v) is 3.74. The molecule has 0 saturated carbocycles. The summed E-state index contributed by atoms with van der Waals surface area (Å²) in [5, 5.41) is 26.5. The second kappa shape index (κ2) is 5.08. The lowest BCUT2D eigenvalue weighted by Gasteiger charge is -1.85. The van der Waals surface area contributed by atoms with E-state index in [2.05, 4.69) is 40.8 Å². The van der Waals surface area contributed by atoms with Crippen LogP contribution in [0.5, 0.6) is 0 Å². The summed E-state index contributed by atoms with van der Waals surface area (Å²) in [6.07, 6.45) is 0. The molecule has 8 N–H and O–H groups in total. The van der Waals surface area contributed by atoms with Gasteiger partial charge in [0.05, 0.1) is 0 Å². The summed E-state index contributed by atoms with van der Waals surface area (Å²) in [5.74, 6) is 0.108. The summed E-state index contributed by atoms with van der Waals surface area (Å²) in [7, 11) is 0. The lowest BCUT2D eigenvalue weighted by molar-refractivity contribution is 0.886. The molecule has 0 radical (unpaired) electrons. The lowest BCUT2D eigenvalue weighted by Crippen LogP contribution is -2.03. The van der Waals surface area contributed by atoms with Crippen molar-refractivity contribution in [2.24, 2.45) is 0 Å². The van der Waals surface area contributed by atoms with E-state index in [9.17, 15) is 0 Å². The first kappa shape index (κ1) is 11.2. The van der Waals surface area contributed by atoms with E-state index in [1.165, 1.54) is 0 Å². The number of nitrogen functional groups attached to an aromatic ring is 4. The van der Waals surface area contributed by atoms with Crippen molar-refractivity contribution in [1.29, 1.82) is 0 Å². The molecule has 0 saturated heterocycles. The Kier molecular flexibility index (Phi) is 3.54. The van der Waals surface area contributed by atoms with E-state index in [0.717, 1.165) is 0 Å². The Bertz CT molecular complexity index is 334. The fraction of sp³-hybridized carbons (Fsp3) is 0. The molecule has 0 fully saturated rings. The largest absolute Gasteiger partial charge is 0.365 e. The highest BCUT2D eigenvalue weighted by Crippen LogP contribution is 1.83. The maximum Gasteiger partial charge on any atom is 0.259 e. The van der Waals surface area contributed by atoms with Crippen molar-refractivity contribution in [3.63, 3.8) is 0 Å². The highest BCUT2D eigenvalue weighted by atomic mass is 15.4. The van der Waals surface area contributed by atoms with E-state index < -0.39 is 0 Å². The van der Waals surface area contributed by atoms with Gasteiger partial charge in [0, 0.05) is 0 Å². The topological polar surface area (TPSA) is 207 Å². The Hall–Kier alpha value is -2.92. The number of hydrogen-bond acceptors (Lipinski definition) is 12. The van der Waals surface area contributed by atoms with E-state index >= 15 is 0 Å². The molecule has 12 heteroatoms. The summed E-state index contributed by atoms with van der Waals surface area (Å²) in [5.41, 5.74) is 20.1. The van der Waals surface area contributed by atoms with Crippen LogP contribution < -0.4 is 22.9 Å². The third kappa shape index (κ3) is 3.86. The van der Waals surface area contributed by atoms with Crippen molar-refractivity contribution in [1.82, 2.24) is 40.8 Å². The maximum atomic E-state index is 5.02. The van der Waals surface area contributed by atoms with Gasteiger partial charge >= 0.3 is 0 Å². The van der Waals surface area contributed by atoms with Crippen molar-refractivity contribution >= 4 is 23.8 Å². The molecule has 2 rings (SSSR count). The molecule has 0 atom stereocenters. The average molecular weight is 224 g/mol. The first-order chi connectivity index (χ1) is 7.58. The molecule has 2 heterocycles. The van der Waals surface area contributed by atoms with Crippen LogP contribution in [0.4, 0.5) is 23.8 Å². The molecular formula is C4H8N12. The zero-order valence-electron chi connectivity index (χ0n) is 7.89. The van der Waals surface area contributed by atoms with Crippen LogP contribution in [0, 0.1) is 0 Å². The van der Waals surface area contributed by atoms with Crippen LogP contribution in [0.25, 0.3) is 0 Å². The van der Waals surface area contributed by atoms with Gasteiger partial charge < -0.3 is 22.9 Å². The molecule has 0 aliphatic heterocycles. The van der Waals surface area contributed by atoms with Crippen molar-refractivity contribution < 1.29 is 0 Å². The van der Waals surface area contributed by atoms with Gasteiger partial charge in [0.15, 0.2) is 0 Å². The molecule has 0 aliphatic carbocycles. The highest BCUT2D eigenvalue weighted by Gasteiger charge is 1.88. The van der Waals surface area contributed by atoms with Gasteiger partial charge in [-0.25, -0.2) is 0 Å². The van der Waals surface area contributed by atoms with E-state index in [0.29, 0.717) is 0 Å². The number of aromatic nitrogens is 8. The average Bonchev–Trinajstić information content (AvgIpc) is 2.28. The Labute approximate surface area is 88.5 Å². The molecule has 0 spiro atoms. The molecule has 0 bridgehead atoms. The normalized spacial score (nSPS) is 9.00. The Morgan fingerprint density at radius 1 is 0.375 bits per heavy atom. The van der Waals surface area contributed by atoms with Crippen molar-refractivity contribution in [2.75, 3.05) is 22.9 Å². The van der Waals surface area contributed by atoms with E-state index in [1.807, 2.05) is 0 Å². The van der Waals surface area contributed by atoms with Crippen molar-refractivity contribution in [3.05, 3.63) is 0 Å². The third-order valence-corrected chi connectivity index (χ3v) is 1.02. The summed E-state index contributed by atoms with van der Waals surface area (Å²) in [4.78, 5) is 0. The van der Waals surface area contributed by atoms with Gasteiger partial charge in [-0.05, 0) is 0 Å². The highest BCUT2D eigenvalue weighted by molar-refractivity contribution is 5.14. The van der Waals surface area contributed by atoms with Crippen molar-refractivity contribution in [2.45, 2.75) is 0 Å². The van der Waals surface area contributed by atoms with Gasteiger partial charge in [-0.1, -0.05) is 0 Å². The predicted molar refractivity (Wildman–Crippen MR) is 52.9 cm³/mol. The zero-order chi connectivity index (χ0) is 12.0. The predicted octanol–water partition coefficient (Wildman–Crippen LogP) is -3.14. The summed E-state index contributed by atoms with van der Waals surface area (Å²) in [6.45, 7) is 0. The minimum atomic E-state index is 0.0270. The minimum absolute atomic E-state index is 0.0270. The second-order valence-electron chi connectivity index (χ2n) is 2.23. The molecular weight excluding hydrogens is 216 g/mol. The molecule has 2 aromatic rings. The van der Waals surface area contributed by atoms with Crippen LogP contribution in [0.2, 0.25) is 0 Å². The van der Waals surface area contributed by atoms with Crippen molar-refractivity contribution in [3.8, 4) is 0 Å². The first-order valence-electron chi connectivity index (χ1n) is 3.74. The molecule has 0 unspecified atom stereocenters. The Balaban J connectivity index is 0.000000160. The molecule has 12 nitrogen and oxygen atoms in total. The van der Waals surface area contributed by atoms with E-state index in [-0.39, 0.29) is 23.8 Å². The van der Waals surface area contributed by atoms with Crippen LogP contribution >= 0.6 is 0 Å². The quantitative estimate of drug-likeness (QED) is 0.350. The van der Waals surface area contributed by atoms with Crippen LogP contribution in [0.1, 0.15) is 0 Å². The zero-order valence-corrected chi connectivity index (χ0v) is 7.89. The van der Waals surface area contributed by atoms with Gasteiger partial charge in [0.25, 0.3) is 23.8 Å². The summed E-state index contributed by atoms with van der Waals surface area (Å²) >= 11 is 0. The Morgan fingerprint density at radius 2 is 0.500 bits per heavy atom. The standard InChI is InChI=1S/2C2H4N6/c2*3-1-5-7-2(4)8-6-1/h2*(H2,3,5,6)(H2,4,7,8). The van der Waals surface area contributed by atoms with E-state index in [1.54, 1.807) is 0 Å². The van der Waals surface area contributed by atoms with Crippen LogP contribution in [-0.2, 0) is 0 Å². The van der Waals surface area contributed by atoms with Crippen LogP contribution in [0.15, 0.2) is 0 Å².